The average Bonchev–Trinajstić information content (AvgIpc) is 2.49. The zero-order valence-electron chi connectivity index (χ0n) is 11.5. The van der Waals surface area contributed by atoms with Gasteiger partial charge in [0, 0.05) is 5.56 Å². The fraction of sp³-hybridized carbons (Fsp3) is 0.412. The van der Waals surface area contributed by atoms with Gasteiger partial charge >= 0.3 is 0 Å². The first-order valence-corrected chi connectivity index (χ1v) is 7.26. The Balaban J connectivity index is 1.94. The lowest BCUT2D eigenvalue weighted by atomic mass is 9.94. The Morgan fingerprint density at radius 3 is 2.65 bits per heavy atom. The minimum absolute atomic E-state index is 0.0560. The van der Waals surface area contributed by atoms with Crippen molar-refractivity contribution >= 4 is 10.8 Å². The van der Waals surface area contributed by atoms with Crippen LogP contribution in [0.3, 0.4) is 0 Å². The van der Waals surface area contributed by atoms with Crippen LogP contribution in [-0.2, 0) is 6.61 Å². The van der Waals surface area contributed by atoms with E-state index in [-0.39, 0.29) is 12.7 Å². The molecule has 2 aromatic rings. The van der Waals surface area contributed by atoms with Gasteiger partial charge in [-0.3, -0.25) is 0 Å². The second-order valence-electron chi connectivity index (χ2n) is 5.43. The monoisotopic (exact) mass is 272 g/mol. The van der Waals surface area contributed by atoms with Crippen molar-refractivity contribution in [1.82, 2.24) is 0 Å². The molecular weight excluding hydrogens is 252 g/mol. The van der Waals surface area contributed by atoms with Crippen molar-refractivity contribution in [1.29, 1.82) is 0 Å². The molecule has 106 valence electrons. The zero-order chi connectivity index (χ0) is 13.9. The van der Waals surface area contributed by atoms with Crippen molar-refractivity contribution in [3.63, 3.8) is 0 Å². The summed E-state index contributed by atoms with van der Waals surface area (Å²) in [5.41, 5.74) is 0.806. The molecule has 2 atom stereocenters. The van der Waals surface area contributed by atoms with Crippen LogP contribution in [0.25, 0.3) is 10.8 Å². The molecule has 0 saturated heterocycles. The molecule has 0 amide bonds. The summed E-state index contributed by atoms with van der Waals surface area (Å²) in [6.07, 6.45) is 3.26. The molecule has 1 saturated carbocycles. The van der Waals surface area contributed by atoms with Crippen molar-refractivity contribution in [2.45, 2.75) is 44.5 Å². The smallest absolute Gasteiger partial charge is 0.126 e. The van der Waals surface area contributed by atoms with Crippen LogP contribution in [0, 0.1) is 0 Å². The van der Waals surface area contributed by atoms with Gasteiger partial charge in [-0.25, -0.2) is 0 Å². The van der Waals surface area contributed by atoms with Crippen molar-refractivity contribution in [2.75, 3.05) is 0 Å². The summed E-state index contributed by atoms with van der Waals surface area (Å²) in [4.78, 5) is 0. The van der Waals surface area contributed by atoms with Crippen LogP contribution in [0.2, 0.25) is 0 Å². The lowest BCUT2D eigenvalue weighted by Gasteiger charge is -2.29. The normalized spacial score (nSPS) is 22.9. The fourth-order valence-electron chi connectivity index (χ4n) is 2.97. The average molecular weight is 272 g/mol. The molecule has 2 aromatic carbocycles. The third-order valence-electron chi connectivity index (χ3n) is 4.10. The van der Waals surface area contributed by atoms with Gasteiger partial charge < -0.3 is 14.9 Å². The molecule has 2 unspecified atom stereocenters. The molecular formula is C17H20O3. The lowest BCUT2D eigenvalue weighted by Crippen LogP contribution is -2.34. The lowest BCUT2D eigenvalue weighted by molar-refractivity contribution is 0.00597. The number of aliphatic hydroxyl groups is 2. The van der Waals surface area contributed by atoms with Crippen molar-refractivity contribution in [3.05, 3.63) is 42.0 Å². The van der Waals surface area contributed by atoms with E-state index in [9.17, 15) is 10.2 Å². The largest absolute Gasteiger partial charge is 0.487 e. The van der Waals surface area contributed by atoms with Gasteiger partial charge in [0.2, 0.25) is 0 Å². The van der Waals surface area contributed by atoms with Crippen LogP contribution in [0.15, 0.2) is 36.4 Å². The zero-order valence-corrected chi connectivity index (χ0v) is 11.5. The Labute approximate surface area is 118 Å². The van der Waals surface area contributed by atoms with Crippen LogP contribution in [0.1, 0.15) is 31.2 Å². The number of ether oxygens (including phenoxy) is 1. The molecule has 1 fully saturated rings. The molecule has 0 bridgehead atoms. The van der Waals surface area contributed by atoms with Gasteiger partial charge in [0.05, 0.1) is 12.7 Å². The molecule has 3 heteroatoms. The van der Waals surface area contributed by atoms with E-state index in [1.165, 1.54) is 0 Å². The van der Waals surface area contributed by atoms with Gasteiger partial charge in [-0.1, -0.05) is 36.8 Å². The fourth-order valence-corrected chi connectivity index (χ4v) is 2.97. The Hall–Kier alpha value is -1.58. The summed E-state index contributed by atoms with van der Waals surface area (Å²) in [5, 5.41) is 21.8. The second-order valence-corrected chi connectivity index (χ2v) is 5.43. The number of benzene rings is 2. The van der Waals surface area contributed by atoms with E-state index in [1.807, 2.05) is 36.4 Å². The maximum absolute atomic E-state index is 10.0. The summed E-state index contributed by atoms with van der Waals surface area (Å²) in [6, 6.07) is 11.8. The molecule has 0 aromatic heterocycles. The Bertz CT molecular complexity index is 594. The van der Waals surface area contributed by atoms with Crippen molar-refractivity contribution in [3.8, 4) is 5.75 Å². The Morgan fingerprint density at radius 2 is 1.85 bits per heavy atom. The molecule has 0 heterocycles. The predicted molar refractivity (Wildman–Crippen MR) is 78.8 cm³/mol. The maximum Gasteiger partial charge on any atom is 0.126 e. The van der Waals surface area contributed by atoms with E-state index in [0.717, 1.165) is 42.0 Å². The minimum Gasteiger partial charge on any atom is -0.487 e. The SMILES string of the molecule is OCc1c(OC2CCCCC2O)ccc2ccccc12. The van der Waals surface area contributed by atoms with Gasteiger partial charge in [-0.05, 0) is 36.1 Å². The van der Waals surface area contributed by atoms with Crippen LogP contribution in [-0.4, -0.2) is 22.4 Å². The first-order valence-electron chi connectivity index (χ1n) is 7.26. The van der Waals surface area contributed by atoms with E-state index in [0.29, 0.717) is 5.75 Å². The van der Waals surface area contributed by atoms with Crippen molar-refractivity contribution in [2.24, 2.45) is 0 Å². The van der Waals surface area contributed by atoms with Crippen LogP contribution < -0.4 is 4.74 Å². The molecule has 3 nitrogen and oxygen atoms in total. The number of hydrogen-bond acceptors (Lipinski definition) is 3. The number of fused-ring (bicyclic) bond motifs is 1. The maximum atomic E-state index is 10.0. The summed E-state index contributed by atoms with van der Waals surface area (Å²) < 4.78 is 5.99. The van der Waals surface area contributed by atoms with Gasteiger partial charge in [0.25, 0.3) is 0 Å². The molecule has 0 radical (unpaired) electrons. The quantitative estimate of drug-likeness (QED) is 0.903. The highest BCUT2D eigenvalue weighted by molar-refractivity contribution is 5.87. The van der Waals surface area contributed by atoms with E-state index in [2.05, 4.69) is 0 Å². The van der Waals surface area contributed by atoms with E-state index < -0.39 is 6.10 Å². The van der Waals surface area contributed by atoms with Crippen LogP contribution >= 0.6 is 0 Å². The van der Waals surface area contributed by atoms with Gasteiger partial charge in [0.1, 0.15) is 11.9 Å². The van der Waals surface area contributed by atoms with Crippen LogP contribution in [0.5, 0.6) is 5.75 Å². The number of rotatable bonds is 3. The second kappa shape index (κ2) is 5.81. The molecule has 20 heavy (non-hydrogen) atoms. The molecule has 3 rings (SSSR count). The Kier molecular flexibility index (Phi) is 3.90. The summed E-state index contributed by atoms with van der Waals surface area (Å²) >= 11 is 0. The first kappa shape index (κ1) is 13.4. The molecule has 2 N–H and O–H groups in total. The molecule has 0 aliphatic heterocycles. The minimum atomic E-state index is -0.401. The summed E-state index contributed by atoms with van der Waals surface area (Å²) in [7, 11) is 0. The number of aliphatic hydroxyl groups excluding tert-OH is 2. The highest BCUT2D eigenvalue weighted by Crippen LogP contribution is 2.31. The summed E-state index contributed by atoms with van der Waals surface area (Å²) in [6.45, 7) is -0.0560. The molecule has 0 spiro atoms. The standard InChI is InChI=1S/C17H20O3/c18-11-14-13-6-2-1-5-12(13)9-10-16(14)20-17-8-4-3-7-15(17)19/h1-2,5-6,9-10,15,17-19H,3-4,7-8,11H2. The Morgan fingerprint density at radius 1 is 1.05 bits per heavy atom. The van der Waals surface area contributed by atoms with Gasteiger partial charge in [0.15, 0.2) is 0 Å². The van der Waals surface area contributed by atoms with E-state index in [1.54, 1.807) is 0 Å². The van der Waals surface area contributed by atoms with Gasteiger partial charge in [-0.2, -0.15) is 0 Å². The van der Waals surface area contributed by atoms with Gasteiger partial charge in [-0.15, -0.1) is 0 Å². The topological polar surface area (TPSA) is 49.7 Å². The third-order valence-corrected chi connectivity index (χ3v) is 4.10. The summed E-state index contributed by atoms with van der Waals surface area (Å²) in [5.74, 6) is 0.692. The van der Waals surface area contributed by atoms with E-state index in [4.69, 9.17) is 4.74 Å². The van der Waals surface area contributed by atoms with Crippen molar-refractivity contribution < 1.29 is 14.9 Å². The highest BCUT2D eigenvalue weighted by atomic mass is 16.5. The predicted octanol–water partition coefficient (Wildman–Crippen LogP) is 3.01. The van der Waals surface area contributed by atoms with E-state index >= 15 is 0 Å². The third kappa shape index (κ3) is 2.51. The highest BCUT2D eigenvalue weighted by Gasteiger charge is 2.25. The number of hydrogen-bond donors (Lipinski definition) is 2. The van der Waals surface area contributed by atoms with Crippen LogP contribution in [0.4, 0.5) is 0 Å². The molecule has 1 aliphatic carbocycles. The first-order chi connectivity index (χ1) is 9.79. The molecule has 1 aliphatic rings.